The van der Waals surface area contributed by atoms with Gasteiger partial charge in [-0.3, -0.25) is 4.98 Å². The second-order valence-corrected chi connectivity index (χ2v) is 6.30. The van der Waals surface area contributed by atoms with E-state index in [4.69, 9.17) is 11.6 Å². The van der Waals surface area contributed by atoms with E-state index in [1.165, 1.54) is 11.3 Å². The number of fused-ring (bicyclic) bond motifs is 1. The summed E-state index contributed by atoms with van der Waals surface area (Å²) in [5.74, 6) is 0. The first-order valence-electron chi connectivity index (χ1n) is 7.03. The number of hydrogen-bond donors (Lipinski definition) is 1. The van der Waals surface area contributed by atoms with Gasteiger partial charge < -0.3 is 5.32 Å². The summed E-state index contributed by atoms with van der Waals surface area (Å²) in [6.07, 6.45) is 5.39. The highest BCUT2D eigenvalue weighted by atomic mass is 35.5. The zero-order valence-electron chi connectivity index (χ0n) is 12.0. The molecule has 0 aliphatic rings. The maximum absolute atomic E-state index is 6.28. The van der Waals surface area contributed by atoms with Gasteiger partial charge in [-0.05, 0) is 17.7 Å². The van der Waals surface area contributed by atoms with Crippen molar-refractivity contribution in [1.82, 2.24) is 19.6 Å². The topological polar surface area (TPSA) is 55.1 Å². The second-order valence-electron chi connectivity index (χ2n) is 4.94. The van der Waals surface area contributed by atoms with E-state index >= 15 is 0 Å². The van der Waals surface area contributed by atoms with Gasteiger partial charge in [0.2, 0.25) is 10.1 Å². The molecule has 114 valence electrons. The minimum Gasteiger partial charge on any atom is -0.356 e. The van der Waals surface area contributed by atoms with Gasteiger partial charge in [0, 0.05) is 24.5 Å². The van der Waals surface area contributed by atoms with Crippen LogP contribution in [0.25, 0.3) is 16.2 Å². The summed E-state index contributed by atoms with van der Waals surface area (Å²) < 4.78 is 1.82. The first-order valence-corrected chi connectivity index (χ1v) is 8.23. The lowest BCUT2D eigenvalue weighted by Gasteiger charge is -2.02. The highest BCUT2D eigenvalue weighted by Crippen LogP contribution is 2.30. The van der Waals surface area contributed by atoms with Crippen molar-refractivity contribution in [3.63, 3.8) is 0 Å². The van der Waals surface area contributed by atoms with Crippen LogP contribution in [0.15, 0.2) is 55.0 Å². The average Bonchev–Trinajstić information content (AvgIpc) is 3.15. The average molecular weight is 342 g/mol. The van der Waals surface area contributed by atoms with Crippen molar-refractivity contribution in [3.05, 3.63) is 65.6 Å². The lowest BCUT2D eigenvalue weighted by molar-refractivity contribution is 0.966. The summed E-state index contributed by atoms with van der Waals surface area (Å²) >= 11 is 7.78. The maximum Gasteiger partial charge on any atom is 0.214 e. The molecule has 0 saturated carbocycles. The molecule has 0 amide bonds. The molecule has 0 spiro atoms. The van der Waals surface area contributed by atoms with E-state index in [0.29, 0.717) is 11.6 Å². The molecule has 0 aliphatic carbocycles. The van der Waals surface area contributed by atoms with Crippen LogP contribution in [-0.2, 0) is 6.54 Å². The van der Waals surface area contributed by atoms with E-state index in [0.717, 1.165) is 26.9 Å². The van der Waals surface area contributed by atoms with E-state index in [1.807, 2.05) is 47.1 Å². The van der Waals surface area contributed by atoms with Crippen LogP contribution < -0.4 is 5.32 Å². The lowest BCUT2D eigenvalue weighted by atomic mass is 10.2. The number of aromatic nitrogens is 4. The zero-order chi connectivity index (χ0) is 15.6. The number of anilines is 1. The second kappa shape index (κ2) is 5.98. The van der Waals surface area contributed by atoms with Gasteiger partial charge >= 0.3 is 0 Å². The predicted octanol–water partition coefficient (Wildman–Crippen LogP) is 4.12. The summed E-state index contributed by atoms with van der Waals surface area (Å²) in [5.41, 5.74) is 2.91. The Morgan fingerprint density at radius 1 is 1.13 bits per heavy atom. The van der Waals surface area contributed by atoms with Crippen LogP contribution >= 0.6 is 22.9 Å². The van der Waals surface area contributed by atoms with Crippen molar-refractivity contribution in [2.24, 2.45) is 0 Å². The Morgan fingerprint density at radius 2 is 2.04 bits per heavy atom. The summed E-state index contributed by atoms with van der Waals surface area (Å²) in [7, 11) is 0. The van der Waals surface area contributed by atoms with Crippen molar-refractivity contribution in [2.75, 3.05) is 5.32 Å². The van der Waals surface area contributed by atoms with Gasteiger partial charge in [-0.1, -0.05) is 47.2 Å². The minimum atomic E-state index is 0.673. The quantitative estimate of drug-likeness (QED) is 0.606. The molecule has 0 radical (unpaired) electrons. The number of imidazole rings is 1. The first kappa shape index (κ1) is 14.2. The molecule has 0 unspecified atom stereocenters. The summed E-state index contributed by atoms with van der Waals surface area (Å²) in [5, 5.41) is 9.39. The Balaban J connectivity index is 1.63. The normalized spacial score (nSPS) is 11.0. The Morgan fingerprint density at radius 3 is 2.87 bits per heavy atom. The molecule has 4 aromatic rings. The molecule has 3 aromatic heterocycles. The fraction of sp³-hybridized carbons (Fsp3) is 0.0625. The van der Waals surface area contributed by atoms with Crippen molar-refractivity contribution in [2.45, 2.75) is 6.54 Å². The molecule has 0 saturated heterocycles. The van der Waals surface area contributed by atoms with E-state index < -0.39 is 0 Å². The summed E-state index contributed by atoms with van der Waals surface area (Å²) in [6.45, 7) is 0.673. The van der Waals surface area contributed by atoms with E-state index in [-0.39, 0.29) is 0 Å². The molecule has 23 heavy (non-hydrogen) atoms. The molecule has 0 aliphatic heterocycles. The number of pyridine rings is 1. The van der Waals surface area contributed by atoms with Gasteiger partial charge in [0.25, 0.3) is 0 Å². The lowest BCUT2D eigenvalue weighted by Crippen LogP contribution is -2.00. The third-order valence-corrected chi connectivity index (χ3v) is 4.61. The van der Waals surface area contributed by atoms with Crippen molar-refractivity contribution >= 4 is 33.0 Å². The summed E-state index contributed by atoms with van der Waals surface area (Å²) in [4.78, 5) is 9.35. The Kier molecular flexibility index (Phi) is 3.69. The Bertz CT molecular complexity index is 947. The van der Waals surface area contributed by atoms with E-state index in [1.54, 1.807) is 12.4 Å². The summed E-state index contributed by atoms with van der Waals surface area (Å²) in [6, 6.07) is 11.6. The third kappa shape index (κ3) is 2.78. The van der Waals surface area contributed by atoms with Crippen LogP contribution in [-0.4, -0.2) is 19.6 Å². The maximum atomic E-state index is 6.28. The van der Waals surface area contributed by atoms with Crippen LogP contribution in [0, 0.1) is 0 Å². The van der Waals surface area contributed by atoms with Gasteiger partial charge in [0.05, 0.1) is 16.9 Å². The van der Waals surface area contributed by atoms with Gasteiger partial charge in [-0.25, -0.2) is 9.50 Å². The molecular formula is C16H12ClN5S. The molecule has 0 fully saturated rings. The van der Waals surface area contributed by atoms with Crippen LogP contribution in [0.4, 0.5) is 5.13 Å². The van der Waals surface area contributed by atoms with Crippen molar-refractivity contribution in [1.29, 1.82) is 0 Å². The smallest absolute Gasteiger partial charge is 0.214 e. The number of rotatable bonds is 4. The first-order chi connectivity index (χ1) is 11.3. The third-order valence-electron chi connectivity index (χ3n) is 3.40. The standard InChI is InChI=1S/C16H12ClN5S/c17-13-6-2-1-5-12(13)14-10-20-16-22(14)21-15(23-16)19-9-11-4-3-7-18-8-11/h1-8,10H,9H2,(H,19,21). The van der Waals surface area contributed by atoms with Crippen molar-refractivity contribution < 1.29 is 0 Å². The largest absolute Gasteiger partial charge is 0.356 e. The Hall–Kier alpha value is -2.44. The number of benzene rings is 1. The predicted molar refractivity (Wildman–Crippen MR) is 92.9 cm³/mol. The minimum absolute atomic E-state index is 0.673. The molecule has 1 aromatic carbocycles. The van der Waals surface area contributed by atoms with Crippen LogP contribution in [0.5, 0.6) is 0 Å². The molecule has 0 atom stereocenters. The van der Waals surface area contributed by atoms with Crippen LogP contribution in [0.2, 0.25) is 5.02 Å². The number of halogens is 1. The van der Waals surface area contributed by atoms with Crippen LogP contribution in [0.3, 0.4) is 0 Å². The molecule has 4 rings (SSSR count). The SMILES string of the molecule is Clc1ccccc1-c1cnc2sc(NCc3cccnc3)nn12. The van der Waals surface area contributed by atoms with Gasteiger partial charge in [0.1, 0.15) is 0 Å². The fourth-order valence-corrected chi connectivity index (χ4v) is 3.30. The molecule has 7 heteroatoms. The highest BCUT2D eigenvalue weighted by Gasteiger charge is 2.13. The van der Waals surface area contributed by atoms with Gasteiger partial charge in [-0.15, -0.1) is 5.10 Å². The molecule has 5 nitrogen and oxygen atoms in total. The number of hydrogen-bond acceptors (Lipinski definition) is 5. The van der Waals surface area contributed by atoms with Gasteiger partial charge in [-0.2, -0.15) is 0 Å². The van der Waals surface area contributed by atoms with Crippen LogP contribution in [0.1, 0.15) is 5.56 Å². The monoisotopic (exact) mass is 341 g/mol. The zero-order valence-corrected chi connectivity index (χ0v) is 13.6. The Labute approximate surface area is 141 Å². The van der Waals surface area contributed by atoms with Crippen molar-refractivity contribution in [3.8, 4) is 11.3 Å². The molecule has 0 bridgehead atoms. The molecule has 3 heterocycles. The van der Waals surface area contributed by atoms with E-state index in [2.05, 4.69) is 20.4 Å². The molecule has 1 N–H and O–H groups in total. The highest BCUT2D eigenvalue weighted by molar-refractivity contribution is 7.20. The molecular weight excluding hydrogens is 330 g/mol. The number of nitrogens with one attached hydrogen (secondary N) is 1. The van der Waals surface area contributed by atoms with Gasteiger partial charge in [0.15, 0.2) is 0 Å². The number of nitrogens with zero attached hydrogens (tertiary/aromatic N) is 4. The fourth-order valence-electron chi connectivity index (χ4n) is 2.30. The van der Waals surface area contributed by atoms with E-state index in [9.17, 15) is 0 Å².